The van der Waals surface area contributed by atoms with E-state index in [1.165, 1.54) is 25.1 Å². The van der Waals surface area contributed by atoms with E-state index in [4.69, 9.17) is 16.7 Å². The summed E-state index contributed by atoms with van der Waals surface area (Å²) in [6, 6.07) is 4.24. The number of aliphatic hydroxyl groups excluding tert-OH is 1. The van der Waals surface area contributed by atoms with Gasteiger partial charge in [0.05, 0.1) is 18.0 Å². The minimum atomic E-state index is -4.10. The Labute approximate surface area is 115 Å². The summed E-state index contributed by atoms with van der Waals surface area (Å²) in [6.45, 7) is -0.395. The van der Waals surface area contributed by atoms with Crippen molar-refractivity contribution in [2.75, 3.05) is 19.7 Å². The van der Waals surface area contributed by atoms with Crippen LogP contribution in [0.5, 0.6) is 0 Å². The van der Waals surface area contributed by atoms with E-state index in [1.807, 2.05) is 0 Å². The lowest BCUT2D eigenvalue weighted by Crippen LogP contribution is -2.37. The van der Waals surface area contributed by atoms with Crippen LogP contribution in [0.4, 0.5) is 8.78 Å². The zero-order valence-electron chi connectivity index (χ0n) is 10.2. The highest BCUT2D eigenvalue weighted by molar-refractivity contribution is 7.89. The van der Waals surface area contributed by atoms with Crippen molar-refractivity contribution in [1.29, 1.82) is 0 Å². The molecule has 0 fully saturated rings. The molecule has 8 heteroatoms. The molecule has 0 atom stereocenters. The maximum Gasteiger partial charge on any atom is 0.252 e. The van der Waals surface area contributed by atoms with Crippen LogP contribution in [0, 0.1) is 6.92 Å². The Morgan fingerprint density at radius 3 is 2.58 bits per heavy atom. The summed E-state index contributed by atoms with van der Waals surface area (Å²) in [6.07, 6.45) is -2.82. The second-order valence-corrected chi connectivity index (χ2v) is 6.15. The smallest absolute Gasteiger partial charge is 0.252 e. The second-order valence-electron chi connectivity index (χ2n) is 3.84. The summed E-state index contributed by atoms with van der Waals surface area (Å²) in [5, 5.41) is 9.04. The SMILES string of the molecule is Cc1c(Cl)cccc1S(=O)(=O)N(CCO)CC(F)F. The highest BCUT2D eigenvalue weighted by Gasteiger charge is 2.28. The number of alkyl halides is 2. The van der Waals surface area contributed by atoms with E-state index >= 15 is 0 Å². The number of halogens is 3. The van der Waals surface area contributed by atoms with Crippen molar-refractivity contribution in [2.45, 2.75) is 18.2 Å². The van der Waals surface area contributed by atoms with E-state index in [2.05, 4.69) is 0 Å². The van der Waals surface area contributed by atoms with Crippen LogP contribution in [0.2, 0.25) is 5.02 Å². The summed E-state index contributed by atoms with van der Waals surface area (Å²) >= 11 is 5.83. The summed E-state index contributed by atoms with van der Waals surface area (Å²) in [4.78, 5) is -0.130. The minimum Gasteiger partial charge on any atom is -0.395 e. The first-order valence-corrected chi connectivity index (χ1v) is 7.26. The third kappa shape index (κ3) is 3.85. The second kappa shape index (κ2) is 6.60. The molecule has 0 heterocycles. The molecule has 1 aromatic rings. The summed E-state index contributed by atoms with van der Waals surface area (Å²) < 4.78 is 49.9. The molecule has 0 saturated heterocycles. The van der Waals surface area contributed by atoms with Crippen LogP contribution in [0.15, 0.2) is 23.1 Å². The maximum absolute atomic E-state index is 12.4. The van der Waals surface area contributed by atoms with Gasteiger partial charge in [-0.05, 0) is 24.6 Å². The zero-order chi connectivity index (χ0) is 14.6. The molecule has 0 bridgehead atoms. The van der Waals surface area contributed by atoms with Gasteiger partial charge >= 0.3 is 0 Å². The first-order valence-electron chi connectivity index (χ1n) is 5.45. The number of hydrogen-bond acceptors (Lipinski definition) is 3. The van der Waals surface area contributed by atoms with Crippen LogP contribution in [0.3, 0.4) is 0 Å². The third-order valence-electron chi connectivity index (χ3n) is 2.53. The van der Waals surface area contributed by atoms with Crippen LogP contribution in [0.1, 0.15) is 5.56 Å². The van der Waals surface area contributed by atoms with Crippen LogP contribution < -0.4 is 0 Å². The number of sulfonamides is 1. The fraction of sp³-hybridized carbons (Fsp3) is 0.455. The molecule has 0 aliphatic rings. The van der Waals surface area contributed by atoms with Gasteiger partial charge in [0.2, 0.25) is 10.0 Å². The molecule has 108 valence electrons. The largest absolute Gasteiger partial charge is 0.395 e. The standard InChI is InChI=1S/C11H14ClF2NO3S/c1-8-9(12)3-2-4-10(8)19(17,18)15(5-6-16)7-11(13)14/h2-4,11,16H,5-7H2,1H3. The molecule has 1 rings (SSSR count). The van der Waals surface area contributed by atoms with Gasteiger partial charge < -0.3 is 5.11 Å². The van der Waals surface area contributed by atoms with Crippen molar-refractivity contribution in [3.05, 3.63) is 28.8 Å². The highest BCUT2D eigenvalue weighted by atomic mass is 35.5. The van der Waals surface area contributed by atoms with Gasteiger partial charge in [0, 0.05) is 11.6 Å². The molecule has 4 nitrogen and oxygen atoms in total. The van der Waals surface area contributed by atoms with Gasteiger partial charge in [-0.3, -0.25) is 0 Å². The Morgan fingerprint density at radius 1 is 1.42 bits per heavy atom. The van der Waals surface area contributed by atoms with E-state index in [-0.39, 0.29) is 9.92 Å². The molecule has 1 aromatic carbocycles. The summed E-state index contributed by atoms with van der Waals surface area (Å²) in [7, 11) is -4.10. The highest BCUT2D eigenvalue weighted by Crippen LogP contribution is 2.25. The molecular formula is C11H14ClF2NO3S. The third-order valence-corrected chi connectivity index (χ3v) is 4.95. The van der Waals surface area contributed by atoms with Crippen molar-refractivity contribution < 1.29 is 22.3 Å². The minimum absolute atomic E-state index is 0.130. The van der Waals surface area contributed by atoms with E-state index in [9.17, 15) is 17.2 Å². The average molecular weight is 314 g/mol. The molecule has 1 N–H and O–H groups in total. The van der Waals surface area contributed by atoms with Crippen molar-refractivity contribution in [3.8, 4) is 0 Å². The Balaban J connectivity index is 3.22. The Bertz CT molecular complexity index is 537. The number of hydrogen-bond donors (Lipinski definition) is 1. The number of benzene rings is 1. The Hall–Kier alpha value is -0.760. The Morgan fingerprint density at radius 2 is 2.05 bits per heavy atom. The predicted molar refractivity (Wildman–Crippen MR) is 68.0 cm³/mol. The molecule has 0 aromatic heterocycles. The quantitative estimate of drug-likeness (QED) is 0.872. The van der Waals surface area contributed by atoms with Gasteiger partial charge in [0.1, 0.15) is 0 Å². The average Bonchev–Trinajstić information content (AvgIpc) is 2.31. The fourth-order valence-electron chi connectivity index (χ4n) is 1.58. The summed E-state index contributed by atoms with van der Waals surface area (Å²) in [5.41, 5.74) is 0.293. The molecule has 0 radical (unpaired) electrons. The molecule has 0 aliphatic carbocycles. The number of aliphatic hydroxyl groups is 1. The zero-order valence-corrected chi connectivity index (χ0v) is 11.8. The molecule has 19 heavy (non-hydrogen) atoms. The van der Waals surface area contributed by atoms with Gasteiger partial charge in [-0.15, -0.1) is 0 Å². The summed E-state index contributed by atoms with van der Waals surface area (Å²) in [5.74, 6) is 0. The lowest BCUT2D eigenvalue weighted by Gasteiger charge is -2.22. The predicted octanol–water partition coefficient (Wildman–Crippen LogP) is 1.90. The van der Waals surface area contributed by atoms with E-state index < -0.39 is 36.1 Å². The van der Waals surface area contributed by atoms with Gasteiger partial charge in [0.25, 0.3) is 6.43 Å². The molecule has 0 spiro atoms. The fourth-order valence-corrected chi connectivity index (χ4v) is 3.47. The van der Waals surface area contributed by atoms with E-state index in [1.54, 1.807) is 0 Å². The topological polar surface area (TPSA) is 57.6 Å². The van der Waals surface area contributed by atoms with Gasteiger partial charge in [-0.1, -0.05) is 17.7 Å². The Kier molecular flexibility index (Phi) is 5.66. The van der Waals surface area contributed by atoms with Gasteiger partial charge in [-0.2, -0.15) is 4.31 Å². The molecule has 0 saturated carbocycles. The number of nitrogens with zero attached hydrogens (tertiary/aromatic N) is 1. The van der Waals surface area contributed by atoms with Gasteiger partial charge in [-0.25, -0.2) is 17.2 Å². The van der Waals surface area contributed by atoms with Crippen molar-refractivity contribution >= 4 is 21.6 Å². The van der Waals surface area contributed by atoms with Crippen molar-refractivity contribution in [1.82, 2.24) is 4.31 Å². The molecular weight excluding hydrogens is 300 g/mol. The van der Waals surface area contributed by atoms with E-state index in [0.717, 1.165) is 0 Å². The van der Waals surface area contributed by atoms with Crippen LogP contribution >= 0.6 is 11.6 Å². The molecule has 0 amide bonds. The maximum atomic E-state index is 12.4. The normalized spacial score (nSPS) is 12.4. The number of rotatable bonds is 6. The van der Waals surface area contributed by atoms with Crippen molar-refractivity contribution in [3.63, 3.8) is 0 Å². The lowest BCUT2D eigenvalue weighted by atomic mass is 10.2. The lowest BCUT2D eigenvalue weighted by molar-refractivity contribution is 0.113. The first-order chi connectivity index (χ1) is 8.80. The van der Waals surface area contributed by atoms with Crippen molar-refractivity contribution in [2.24, 2.45) is 0 Å². The monoisotopic (exact) mass is 313 g/mol. The van der Waals surface area contributed by atoms with Crippen LogP contribution in [-0.4, -0.2) is 44.0 Å². The molecule has 0 aliphatic heterocycles. The van der Waals surface area contributed by atoms with Gasteiger partial charge in [0.15, 0.2) is 0 Å². The van der Waals surface area contributed by atoms with Crippen LogP contribution in [-0.2, 0) is 10.0 Å². The first kappa shape index (κ1) is 16.3. The molecule has 0 unspecified atom stereocenters. The van der Waals surface area contributed by atoms with Crippen LogP contribution in [0.25, 0.3) is 0 Å². The van der Waals surface area contributed by atoms with E-state index in [0.29, 0.717) is 9.87 Å².